The van der Waals surface area contributed by atoms with Gasteiger partial charge in [0, 0.05) is 17.1 Å². The van der Waals surface area contributed by atoms with E-state index in [0.29, 0.717) is 22.4 Å². The van der Waals surface area contributed by atoms with E-state index in [1.165, 1.54) is 26.4 Å². The Morgan fingerprint density at radius 3 is 2.40 bits per heavy atom. The number of carbonyl (C=O) groups excluding carboxylic acids is 1. The molecule has 180 valence electrons. The second-order valence-electron chi connectivity index (χ2n) is 7.55. The summed E-state index contributed by atoms with van der Waals surface area (Å²) in [6.45, 7) is 1.94. The van der Waals surface area contributed by atoms with Crippen molar-refractivity contribution in [3.63, 3.8) is 0 Å². The molecule has 0 aliphatic carbocycles. The minimum atomic E-state index is -4.21. The summed E-state index contributed by atoms with van der Waals surface area (Å²) in [4.78, 5) is 15.0. The molecular formula is C25H23N3O6S. The summed E-state index contributed by atoms with van der Waals surface area (Å²) in [7, 11) is -1.44. The van der Waals surface area contributed by atoms with E-state index in [9.17, 15) is 13.2 Å². The largest absolute Gasteiger partial charge is 0.497 e. The summed E-state index contributed by atoms with van der Waals surface area (Å²) in [6, 6.07) is 20.2. The lowest BCUT2D eigenvalue weighted by Gasteiger charge is -2.11. The zero-order valence-corrected chi connectivity index (χ0v) is 20.0. The van der Waals surface area contributed by atoms with Crippen LogP contribution >= 0.6 is 0 Å². The third-order valence-electron chi connectivity index (χ3n) is 5.14. The van der Waals surface area contributed by atoms with Crippen molar-refractivity contribution in [2.75, 3.05) is 19.5 Å². The van der Waals surface area contributed by atoms with Gasteiger partial charge in [0.1, 0.15) is 27.5 Å². The summed E-state index contributed by atoms with van der Waals surface area (Å²) < 4.78 is 42.2. The van der Waals surface area contributed by atoms with E-state index in [4.69, 9.17) is 13.9 Å². The maximum Gasteiger partial charge on any atom is 0.280 e. The lowest BCUT2D eigenvalue weighted by atomic mass is 10.1. The highest BCUT2D eigenvalue weighted by Crippen LogP contribution is 2.28. The van der Waals surface area contributed by atoms with Crippen molar-refractivity contribution >= 4 is 32.6 Å². The maximum atomic E-state index is 13.1. The Kier molecular flexibility index (Phi) is 6.74. The van der Waals surface area contributed by atoms with Crippen molar-refractivity contribution < 1.29 is 27.1 Å². The van der Waals surface area contributed by atoms with Gasteiger partial charge < -0.3 is 19.2 Å². The molecule has 0 saturated carbocycles. The third-order valence-corrected chi connectivity index (χ3v) is 6.37. The fourth-order valence-electron chi connectivity index (χ4n) is 3.29. The van der Waals surface area contributed by atoms with Gasteiger partial charge in [0.15, 0.2) is 0 Å². The molecule has 10 heteroatoms. The summed E-state index contributed by atoms with van der Waals surface area (Å²) in [5.41, 5.74) is 1.88. The van der Waals surface area contributed by atoms with Gasteiger partial charge in [-0.15, -0.1) is 5.10 Å². The van der Waals surface area contributed by atoms with E-state index < -0.39 is 15.9 Å². The minimum absolute atomic E-state index is 0.0459. The fourth-order valence-corrected chi connectivity index (χ4v) is 4.28. The fraction of sp³-hybridized carbons (Fsp3) is 0.120. The van der Waals surface area contributed by atoms with Gasteiger partial charge in [0.25, 0.3) is 15.9 Å². The molecule has 0 saturated heterocycles. The second kappa shape index (κ2) is 9.90. The molecule has 9 nitrogen and oxygen atoms in total. The topological polar surface area (TPSA) is 119 Å². The quantitative estimate of drug-likeness (QED) is 0.378. The molecule has 1 heterocycles. The Morgan fingerprint density at radius 2 is 1.69 bits per heavy atom. The Balaban J connectivity index is 1.77. The molecule has 1 amide bonds. The first-order valence-electron chi connectivity index (χ1n) is 10.5. The molecular weight excluding hydrogens is 470 g/mol. The number of amides is 1. The lowest BCUT2D eigenvalue weighted by molar-refractivity contribution is 0.102. The van der Waals surface area contributed by atoms with Crippen LogP contribution in [0.25, 0.3) is 11.0 Å². The van der Waals surface area contributed by atoms with E-state index >= 15 is 0 Å². The van der Waals surface area contributed by atoms with E-state index in [2.05, 4.69) is 15.2 Å². The van der Waals surface area contributed by atoms with Gasteiger partial charge >= 0.3 is 0 Å². The van der Waals surface area contributed by atoms with E-state index in [1.807, 2.05) is 19.1 Å². The number of sulfonamides is 1. The molecule has 0 fully saturated rings. The Labute approximate surface area is 202 Å². The normalized spacial score (nSPS) is 11.8. The minimum Gasteiger partial charge on any atom is -0.497 e. The molecule has 0 spiro atoms. The summed E-state index contributed by atoms with van der Waals surface area (Å²) in [6.07, 6.45) is 0. The van der Waals surface area contributed by atoms with Crippen LogP contribution in [0.1, 0.15) is 15.9 Å². The second-order valence-corrected chi connectivity index (χ2v) is 9.18. The number of rotatable bonds is 7. The van der Waals surface area contributed by atoms with Crippen molar-refractivity contribution in [3.8, 4) is 11.5 Å². The molecule has 1 aromatic heterocycles. The standard InChI is InChI=1S/C25H23N3O6S/c1-16-8-10-18(11-9-16)26-24(29)20-14-17-6-4-5-7-21(17)34-25(20)27-28-35(30,31)23-15-19(32-2)12-13-22(23)33-3/h4-15,28H,1-3H3,(H,26,29)/b27-25-. The Bertz CT molecular complexity index is 1560. The number of carbonyl (C=O) groups is 1. The van der Waals surface area contributed by atoms with Crippen LogP contribution < -0.4 is 25.2 Å². The van der Waals surface area contributed by atoms with Gasteiger partial charge in [-0.3, -0.25) is 4.79 Å². The molecule has 0 atom stereocenters. The molecule has 35 heavy (non-hydrogen) atoms. The van der Waals surface area contributed by atoms with Gasteiger partial charge in [-0.2, -0.15) is 13.2 Å². The number of anilines is 1. The van der Waals surface area contributed by atoms with Gasteiger partial charge in [-0.05, 0) is 43.3 Å². The first-order valence-corrected chi connectivity index (χ1v) is 12.0. The van der Waals surface area contributed by atoms with Crippen LogP contribution in [0.4, 0.5) is 5.69 Å². The van der Waals surface area contributed by atoms with Crippen molar-refractivity contribution in [3.05, 3.63) is 89.5 Å². The van der Waals surface area contributed by atoms with Crippen LogP contribution in [-0.4, -0.2) is 28.5 Å². The number of hydrogen-bond donors (Lipinski definition) is 2. The SMILES string of the molecule is COc1ccc(OC)c(S(=O)(=O)N/N=c2\oc3ccccc3cc2C(=O)Nc2ccc(C)cc2)c1. The predicted octanol–water partition coefficient (Wildman–Crippen LogP) is 3.80. The molecule has 0 aliphatic rings. The van der Waals surface area contributed by atoms with Crippen LogP contribution in [0.2, 0.25) is 0 Å². The molecule has 0 bridgehead atoms. The smallest absolute Gasteiger partial charge is 0.280 e. The lowest BCUT2D eigenvalue weighted by Crippen LogP contribution is -2.27. The number of methoxy groups -OCH3 is 2. The number of ether oxygens (including phenoxy) is 2. The van der Waals surface area contributed by atoms with Crippen molar-refractivity contribution in [2.24, 2.45) is 5.10 Å². The van der Waals surface area contributed by atoms with Crippen molar-refractivity contribution in [1.29, 1.82) is 0 Å². The Morgan fingerprint density at radius 1 is 0.943 bits per heavy atom. The third kappa shape index (κ3) is 5.28. The average molecular weight is 494 g/mol. The number of aryl methyl sites for hydroxylation is 1. The average Bonchev–Trinajstić information content (AvgIpc) is 2.87. The van der Waals surface area contributed by atoms with Gasteiger partial charge in [0.2, 0.25) is 5.55 Å². The number of para-hydroxylation sites is 1. The zero-order valence-electron chi connectivity index (χ0n) is 19.2. The number of fused-ring (bicyclic) bond motifs is 1. The van der Waals surface area contributed by atoms with Crippen LogP contribution in [-0.2, 0) is 10.0 Å². The molecule has 0 unspecified atom stereocenters. The first-order chi connectivity index (χ1) is 16.8. The number of nitrogens with one attached hydrogen (secondary N) is 2. The van der Waals surface area contributed by atoms with E-state index in [0.717, 1.165) is 5.56 Å². The van der Waals surface area contributed by atoms with E-state index in [1.54, 1.807) is 48.5 Å². The van der Waals surface area contributed by atoms with Gasteiger partial charge in [-0.25, -0.2) is 0 Å². The highest BCUT2D eigenvalue weighted by Gasteiger charge is 2.21. The highest BCUT2D eigenvalue weighted by atomic mass is 32.2. The number of nitrogens with zero attached hydrogens (tertiary/aromatic N) is 1. The summed E-state index contributed by atoms with van der Waals surface area (Å²) in [5, 5.41) is 7.38. The molecule has 2 N–H and O–H groups in total. The van der Waals surface area contributed by atoms with Crippen molar-refractivity contribution in [1.82, 2.24) is 4.83 Å². The van der Waals surface area contributed by atoms with Gasteiger partial charge in [0.05, 0.1) is 14.2 Å². The summed E-state index contributed by atoms with van der Waals surface area (Å²) >= 11 is 0. The molecule has 0 radical (unpaired) electrons. The monoisotopic (exact) mass is 493 g/mol. The highest BCUT2D eigenvalue weighted by molar-refractivity contribution is 7.89. The van der Waals surface area contributed by atoms with Crippen molar-refractivity contribution in [2.45, 2.75) is 11.8 Å². The van der Waals surface area contributed by atoms with E-state index in [-0.39, 0.29) is 21.8 Å². The predicted molar refractivity (Wildman–Crippen MR) is 131 cm³/mol. The van der Waals surface area contributed by atoms with Crippen LogP contribution in [0.15, 0.2) is 87.2 Å². The molecule has 4 aromatic rings. The Hall–Kier alpha value is -4.31. The van der Waals surface area contributed by atoms with Crippen LogP contribution in [0.3, 0.4) is 0 Å². The molecule has 0 aliphatic heterocycles. The van der Waals surface area contributed by atoms with Crippen LogP contribution in [0, 0.1) is 6.92 Å². The molecule has 4 rings (SSSR count). The summed E-state index contributed by atoms with van der Waals surface area (Å²) in [5.74, 6) is -0.0960. The number of hydrogen-bond acceptors (Lipinski definition) is 7. The molecule has 3 aromatic carbocycles. The first kappa shape index (κ1) is 23.8. The van der Waals surface area contributed by atoms with Gasteiger partial charge in [-0.1, -0.05) is 35.9 Å². The number of benzene rings is 3. The maximum absolute atomic E-state index is 13.1. The zero-order chi connectivity index (χ0) is 25.0. The van der Waals surface area contributed by atoms with Crippen LogP contribution in [0.5, 0.6) is 11.5 Å².